The van der Waals surface area contributed by atoms with Crippen molar-refractivity contribution in [2.75, 3.05) is 14.2 Å². The molecule has 0 unspecified atom stereocenters. The quantitative estimate of drug-likeness (QED) is 0.116. The van der Waals surface area contributed by atoms with Crippen LogP contribution in [0.1, 0.15) is 80.4 Å². The number of carboxylic acids is 1. The fourth-order valence-electron chi connectivity index (χ4n) is 7.62. The van der Waals surface area contributed by atoms with E-state index in [0.29, 0.717) is 54.4 Å². The molecule has 0 amide bonds. The zero-order chi connectivity index (χ0) is 38.9. The van der Waals surface area contributed by atoms with Gasteiger partial charge in [-0.25, -0.2) is 4.98 Å². The van der Waals surface area contributed by atoms with Crippen molar-refractivity contribution in [3.63, 3.8) is 0 Å². The van der Waals surface area contributed by atoms with Crippen LogP contribution in [0.15, 0.2) is 54.6 Å². The van der Waals surface area contributed by atoms with E-state index < -0.39 is 41.2 Å². The van der Waals surface area contributed by atoms with Gasteiger partial charge in [0.05, 0.1) is 36.5 Å². The van der Waals surface area contributed by atoms with Crippen LogP contribution in [-0.4, -0.2) is 52.0 Å². The predicted octanol–water partition coefficient (Wildman–Crippen LogP) is 8.86. The Kier molecular flexibility index (Phi) is 11.5. The molecular formula is C41H45ClF3N3O6. The summed E-state index contributed by atoms with van der Waals surface area (Å²) in [6.45, 7) is 5.89. The van der Waals surface area contributed by atoms with Crippen LogP contribution in [0.2, 0.25) is 5.02 Å². The van der Waals surface area contributed by atoms with E-state index in [1.54, 1.807) is 21.0 Å². The summed E-state index contributed by atoms with van der Waals surface area (Å²) in [5.41, 5.74) is 3.91. The minimum atomic E-state index is -4.78. The number of aliphatic hydroxyl groups is 1. The van der Waals surface area contributed by atoms with Gasteiger partial charge < -0.3 is 29.7 Å². The van der Waals surface area contributed by atoms with Gasteiger partial charge in [-0.2, -0.15) is 18.2 Å². The van der Waals surface area contributed by atoms with Crippen molar-refractivity contribution < 1.29 is 42.4 Å². The lowest BCUT2D eigenvalue weighted by Gasteiger charge is -2.41. The largest absolute Gasteiger partial charge is 0.481 e. The monoisotopic (exact) mass is 767 g/mol. The van der Waals surface area contributed by atoms with Crippen molar-refractivity contribution in [1.82, 2.24) is 15.3 Å². The van der Waals surface area contributed by atoms with Gasteiger partial charge >= 0.3 is 12.1 Å². The first-order valence-corrected chi connectivity index (χ1v) is 18.4. The molecule has 1 fully saturated rings. The van der Waals surface area contributed by atoms with Crippen LogP contribution in [0, 0.1) is 11.8 Å². The Morgan fingerprint density at radius 1 is 0.981 bits per heavy atom. The fraction of sp³-hybridized carbons (Fsp3) is 0.439. The molecular weight excluding hydrogens is 723 g/mol. The van der Waals surface area contributed by atoms with Gasteiger partial charge in [0.25, 0.3) is 0 Å². The van der Waals surface area contributed by atoms with E-state index in [2.05, 4.69) is 10.3 Å². The molecule has 0 saturated heterocycles. The van der Waals surface area contributed by atoms with E-state index in [1.165, 1.54) is 7.11 Å². The molecule has 13 heteroatoms. The summed E-state index contributed by atoms with van der Waals surface area (Å²) in [6.07, 6.45) is -3.02. The highest BCUT2D eigenvalue weighted by Gasteiger charge is 2.40. The number of rotatable bonds is 14. The van der Waals surface area contributed by atoms with Crippen LogP contribution in [-0.2, 0) is 30.4 Å². The number of fused-ring (bicyclic) bond motifs is 1. The molecule has 9 nitrogen and oxygen atoms in total. The minimum Gasteiger partial charge on any atom is -0.481 e. The van der Waals surface area contributed by atoms with E-state index in [4.69, 9.17) is 30.8 Å². The molecule has 4 aromatic rings. The number of benzene rings is 2. The van der Waals surface area contributed by atoms with E-state index in [-0.39, 0.29) is 36.2 Å². The summed E-state index contributed by atoms with van der Waals surface area (Å²) in [5, 5.41) is 23.6. The number of nitrogens with one attached hydrogen (secondary N) is 1. The second kappa shape index (κ2) is 15.8. The first-order valence-electron chi connectivity index (χ1n) is 18.1. The molecule has 0 radical (unpaired) electrons. The molecule has 6 rings (SSSR count). The van der Waals surface area contributed by atoms with Gasteiger partial charge in [0.1, 0.15) is 11.7 Å². The van der Waals surface area contributed by atoms with Crippen LogP contribution in [0.4, 0.5) is 13.2 Å². The average molecular weight is 768 g/mol. The SMILES string of the molecule is COc1nc(-c2cccc(-c3cccc4c3CC[C@@H]4Oc3nc(OC)c(CC[C@H](C(=O)O)C(C)C)cc3C(F)(F)F)c2Cl)ccc1CNC1CC(C)(O)C1. The van der Waals surface area contributed by atoms with Gasteiger partial charge in [0.2, 0.25) is 17.6 Å². The Bertz CT molecular complexity index is 2010. The fourth-order valence-corrected chi connectivity index (χ4v) is 7.94. The molecule has 2 aromatic carbocycles. The van der Waals surface area contributed by atoms with E-state index >= 15 is 0 Å². The number of alkyl halides is 3. The lowest BCUT2D eigenvalue weighted by Crippen LogP contribution is -2.51. The maximum Gasteiger partial charge on any atom is 0.421 e. The maximum atomic E-state index is 14.5. The van der Waals surface area contributed by atoms with Crippen molar-refractivity contribution in [2.45, 2.75) is 89.8 Å². The Morgan fingerprint density at radius 2 is 1.65 bits per heavy atom. The predicted molar refractivity (Wildman–Crippen MR) is 199 cm³/mol. The second-order valence-corrected chi connectivity index (χ2v) is 15.1. The summed E-state index contributed by atoms with van der Waals surface area (Å²) in [6, 6.07) is 16.3. The average Bonchev–Trinajstić information content (AvgIpc) is 3.52. The van der Waals surface area contributed by atoms with Crippen LogP contribution >= 0.6 is 11.6 Å². The smallest absolute Gasteiger partial charge is 0.421 e. The van der Waals surface area contributed by atoms with Gasteiger partial charge in [-0.15, -0.1) is 0 Å². The molecule has 1 saturated carbocycles. The Balaban J connectivity index is 1.26. The Morgan fingerprint density at radius 3 is 2.30 bits per heavy atom. The highest BCUT2D eigenvalue weighted by molar-refractivity contribution is 6.36. The number of aromatic nitrogens is 2. The van der Waals surface area contributed by atoms with Crippen LogP contribution in [0.3, 0.4) is 0 Å². The van der Waals surface area contributed by atoms with Gasteiger partial charge in [0.15, 0.2) is 0 Å². The van der Waals surface area contributed by atoms with E-state index in [1.807, 2.05) is 55.5 Å². The van der Waals surface area contributed by atoms with Crippen molar-refractivity contribution in [3.8, 4) is 40.0 Å². The van der Waals surface area contributed by atoms with E-state index in [9.17, 15) is 28.2 Å². The van der Waals surface area contributed by atoms with Crippen molar-refractivity contribution in [1.29, 1.82) is 0 Å². The molecule has 54 heavy (non-hydrogen) atoms. The molecule has 2 heterocycles. The lowest BCUT2D eigenvalue weighted by atomic mass is 9.77. The maximum absolute atomic E-state index is 14.5. The number of hydrogen-bond donors (Lipinski definition) is 3. The number of ether oxygens (including phenoxy) is 3. The van der Waals surface area contributed by atoms with Gasteiger partial charge in [0, 0.05) is 34.8 Å². The number of carbonyl (C=O) groups is 1. The third-order valence-electron chi connectivity index (χ3n) is 10.5. The molecule has 3 N–H and O–H groups in total. The number of aliphatic carboxylic acids is 1. The highest BCUT2D eigenvalue weighted by atomic mass is 35.5. The van der Waals surface area contributed by atoms with Crippen molar-refractivity contribution in [2.24, 2.45) is 11.8 Å². The zero-order valence-electron chi connectivity index (χ0n) is 30.9. The summed E-state index contributed by atoms with van der Waals surface area (Å²) < 4.78 is 60.6. The Labute approximate surface area is 317 Å². The molecule has 0 aliphatic heterocycles. The van der Waals surface area contributed by atoms with Gasteiger partial charge in [-0.1, -0.05) is 67.9 Å². The molecule has 2 aliphatic carbocycles. The number of halogens is 4. The highest BCUT2D eigenvalue weighted by Crippen LogP contribution is 2.46. The molecule has 288 valence electrons. The summed E-state index contributed by atoms with van der Waals surface area (Å²) in [4.78, 5) is 20.7. The summed E-state index contributed by atoms with van der Waals surface area (Å²) in [7, 11) is 2.88. The topological polar surface area (TPSA) is 123 Å². The Hall–Kier alpha value is -4.39. The molecule has 2 aliphatic rings. The first kappa shape index (κ1) is 39.3. The third kappa shape index (κ3) is 8.30. The van der Waals surface area contributed by atoms with Crippen LogP contribution in [0.5, 0.6) is 17.6 Å². The molecule has 0 spiro atoms. The second-order valence-electron chi connectivity index (χ2n) is 14.8. The standard InChI is InChI=1S/C41H45ClF3N3O6/c1-22(2)26(39(49)50)14-12-23-18-32(41(43,44)45)38(48-36(23)52-4)54-34-17-15-28-27(8-6-9-29(28)34)30-10-7-11-31(35(30)42)33-16-13-24(37(47-33)53-5)21-46-25-19-40(3,51)20-25/h6-11,13,16,18,22,25-26,34,46,51H,12,14-15,17,19-21H2,1-5H3,(H,49,50)/t25?,26-,34-,40?/m0/s1. The number of pyridine rings is 2. The number of carboxylic acid groups (broad SMARTS) is 1. The van der Waals surface area contributed by atoms with Gasteiger partial charge in [-0.3, -0.25) is 4.79 Å². The van der Waals surface area contributed by atoms with Crippen molar-refractivity contribution >= 4 is 17.6 Å². The normalized spacial score (nSPS) is 20.0. The number of methoxy groups -OCH3 is 2. The number of aryl methyl sites for hydroxylation is 1. The van der Waals surface area contributed by atoms with E-state index in [0.717, 1.165) is 33.9 Å². The minimum absolute atomic E-state index is 0.0383. The first-order chi connectivity index (χ1) is 25.6. The van der Waals surface area contributed by atoms with Crippen LogP contribution < -0.4 is 19.5 Å². The van der Waals surface area contributed by atoms with Crippen LogP contribution in [0.25, 0.3) is 22.4 Å². The molecule has 2 aromatic heterocycles. The summed E-state index contributed by atoms with van der Waals surface area (Å²) in [5.74, 6) is -2.11. The third-order valence-corrected chi connectivity index (χ3v) is 10.9. The number of hydrogen-bond acceptors (Lipinski definition) is 8. The number of nitrogens with zero attached hydrogens (tertiary/aromatic N) is 2. The van der Waals surface area contributed by atoms with Crippen molar-refractivity contribution in [3.05, 3.63) is 87.4 Å². The zero-order valence-corrected chi connectivity index (χ0v) is 31.6. The summed E-state index contributed by atoms with van der Waals surface area (Å²) >= 11 is 7.11. The molecule has 0 bridgehead atoms. The van der Waals surface area contributed by atoms with Gasteiger partial charge in [-0.05, 0) is 80.2 Å². The molecule has 2 atom stereocenters. The lowest BCUT2D eigenvalue weighted by molar-refractivity contribution is -0.143.